The van der Waals surface area contributed by atoms with Crippen LogP contribution in [0, 0.1) is 0 Å². The Balaban J connectivity index is 2.74. The first-order valence-corrected chi connectivity index (χ1v) is 7.08. The van der Waals surface area contributed by atoms with Crippen molar-refractivity contribution < 1.29 is 8.42 Å². The summed E-state index contributed by atoms with van der Waals surface area (Å²) in [4.78, 5) is 15.4. The van der Waals surface area contributed by atoms with E-state index in [0.717, 1.165) is 13.0 Å². The van der Waals surface area contributed by atoms with Gasteiger partial charge in [-0.1, -0.05) is 0 Å². The molecule has 0 amide bonds. The molecule has 0 bridgehead atoms. The Kier molecular flexibility index (Phi) is 5.06. The molecule has 0 spiro atoms. The summed E-state index contributed by atoms with van der Waals surface area (Å²) in [6.07, 6.45) is 1.98. The second-order valence-electron chi connectivity index (χ2n) is 4.37. The molecule has 0 aliphatic carbocycles. The number of H-pyrrole nitrogens is 1. The zero-order valence-electron chi connectivity index (χ0n) is 10.9. The number of aromatic amines is 1. The van der Waals surface area contributed by atoms with Crippen molar-refractivity contribution in [1.82, 2.24) is 14.2 Å². The monoisotopic (exact) mass is 273 g/mol. The number of pyridine rings is 1. The van der Waals surface area contributed by atoms with Gasteiger partial charge in [-0.25, -0.2) is 12.7 Å². The Morgan fingerprint density at radius 3 is 2.33 bits per heavy atom. The van der Waals surface area contributed by atoms with Crippen molar-refractivity contribution >= 4 is 10.0 Å². The first kappa shape index (κ1) is 14.9. The van der Waals surface area contributed by atoms with Gasteiger partial charge >= 0.3 is 0 Å². The second-order valence-corrected chi connectivity index (χ2v) is 6.42. The molecule has 0 atom stereocenters. The van der Waals surface area contributed by atoms with Crippen LogP contribution in [0.25, 0.3) is 0 Å². The molecule has 1 aromatic rings. The van der Waals surface area contributed by atoms with Gasteiger partial charge in [-0.2, -0.15) is 0 Å². The summed E-state index contributed by atoms with van der Waals surface area (Å²) < 4.78 is 25.5. The van der Waals surface area contributed by atoms with Crippen LogP contribution < -0.4 is 5.56 Å². The highest BCUT2D eigenvalue weighted by Gasteiger charge is 2.20. The second kappa shape index (κ2) is 6.12. The first-order valence-electron chi connectivity index (χ1n) is 5.64. The van der Waals surface area contributed by atoms with E-state index in [1.165, 1.54) is 29.7 Å². The molecule has 0 aromatic carbocycles. The van der Waals surface area contributed by atoms with E-state index in [9.17, 15) is 13.2 Å². The molecule has 0 saturated carbocycles. The van der Waals surface area contributed by atoms with Crippen molar-refractivity contribution in [3.8, 4) is 0 Å². The van der Waals surface area contributed by atoms with Gasteiger partial charge in [0.15, 0.2) is 0 Å². The molecule has 1 rings (SSSR count). The van der Waals surface area contributed by atoms with E-state index >= 15 is 0 Å². The van der Waals surface area contributed by atoms with Crippen molar-refractivity contribution in [3.05, 3.63) is 28.7 Å². The summed E-state index contributed by atoms with van der Waals surface area (Å²) in [5.41, 5.74) is -0.316. The fraction of sp³-hybridized carbons (Fsp3) is 0.545. The van der Waals surface area contributed by atoms with E-state index < -0.39 is 10.0 Å². The average molecular weight is 273 g/mol. The molecule has 0 radical (unpaired) electrons. The van der Waals surface area contributed by atoms with Gasteiger partial charge in [-0.3, -0.25) is 4.79 Å². The van der Waals surface area contributed by atoms with E-state index in [1.807, 2.05) is 19.0 Å². The summed E-state index contributed by atoms with van der Waals surface area (Å²) in [5.74, 6) is 0. The van der Waals surface area contributed by atoms with Gasteiger partial charge in [-0.05, 0) is 33.1 Å². The van der Waals surface area contributed by atoms with Crippen LogP contribution in [-0.2, 0) is 10.0 Å². The third-order valence-corrected chi connectivity index (χ3v) is 4.40. The van der Waals surface area contributed by atoms with Crippen LogP contribution in [0.5, 0.6) is 0 Å². The van der Waals surface area contributed by atoms with Crippen molar-refractivity contribution in [2.24, 2.45) is 0 Å². The van der Waals surface area contributed by atoms with E-state index in [0.29, 0.717) is 6.54 Å². The van der Waals surface area contributed by atoms with E-state index in [-0.39, 0.29) is 10.5 Å². The largest absolute Gasteiger partial charge is 0.328 e. The molecule has 0 saturated heterocycles. The lowest BCUT2D eigenvalue weighted by Crippen LogP contribution is -2.30. The molecule has 1 N–H and O–H groups in total. The van der Waals surface area contributed by atoms with Crippen LogP contribution in [0.1, 0.15) is 6.42 Å². The molecule has 1 heterocycles. The number of rotatable bonds is 6. The fourth-order valence-electron chi connectivity index (χ4n) is 1.47. The third-order valence-electron chi connectivity index (χ3n) is 2.54. The Hall–Kier alpha value is -1.18. The van der Waals surface area contributed by atoms with Crippen molar-refractivity contribution in [2.75, 3.05) is 34.2 Å². The Morgan fingerprint density at radius 1 is 1.17 bits per heavy atom. The lowest BCUT2D eigenvalue weighted by atomic mass is 10.4. The van der Waals surface area contributed by atoms with Crippen LogP contribution in [0.2, 0.25) is 0 Å². The molecule has 18 heavy (non-hydrogen) atoms. The minimum Gasteiger partial charge on any atom is -0.328 e. The quantitative estimate of drug-likeness (QED) is 0.788. The highest BCUT2D eigenvalue weighted by atomic mass is 32.2. The number of hydrogen-bond acceptors (Lipinski definition) is 4. The van der Waals surface area contributed by atoms with Crippen LogP contribution in [0.3, 0.4) is 0 Å². The minimum absolute atomic E-state index is 0.106. The van der Waals surface area contributed by atoms with Crippen LogP contribution >= 0.6 is 0 Å². The first-order chi connectivity index (χ1) is 8.34. The topological polar surface area (TPSA) is 73.5 Å². The lowest BCUT2D eigenvalue weighted by Gasteiger charge is -2.18. The SMILES string of the molecule is CN(C)CCCN(C)S(=O)(=O)c1ccc(=O)[nH]c1. The van der Waals surface area contributed by atoms with E-state index in [1.54, 1.807) is 0 Å². The fourth-order valence-corrected chi connectivity index (χ4v) is 2.64. The van der Waals surface area contributed by atoms with Crippen LogP contribution in [-0.4, -0.2) is 56.8 Å². The summed E-state index contributed by atoms with van der Waals surface area (Å²) in [7, 11) is 1.91. The van der Waals surface area contributed by atoms with Crippen LogP contribution in [0.15, 0.2) is 28.0 Å². The standard InChI is InChI=1S/C11H19N3O3S/c1-13(2)7-4-8-14(3)18(16,17)10-5-6-11(15)12-9-10/h5-6,9H,4,7-8H2,1-3H3,(H,12,15). The molecular weight excluding hydrogens is 254 g/mol. The number of hydrogen-bond donors (Lipinski definition) is 1. The van der Waals surface area contributed by atoms with Crippen LogP contribution in [0.4, 0.5) is 0 Å². The highest BCUT2D eigenvalue weighted by molar-refractivity contribution is 7.89. The molecular formula is C11H19N3O3S. The maximum absolute atomic E-state index is 12.1. The van der Waals surface area contributed by atoms with Gasteiger partial charge in [0.05, 0.1) is 4.90 Å². The Labute approximate surface area is 107 Å². The van der Waals surface area contributed by atoms with Gasteiger partial charge in [0.2, 0.25) is 15.6 Å². The van der Waals surface area contributed by atoms with Gasteiger partial charge in [0.1, 0.15) is 0 Å². The van der Waals surface area contributed by atoms with Crippen molar-refractivity contribution in [3.63, 3.8) is 0 Å². The molecule has 6 nitrogen and oxygen atoms in total. The summed E-state index contributed by atoms with van der Waals surface area (Å²) in [5, 5.41) is 0. The molecule has 7 heteroatoms. The number of nitrogens with one attached hydrogen (secondary N) is 1. The molecule has 0 unspecified atom stereocenters. The Bertz CT molecular complexity index is 516. The predicted molar refractivity (Wildman–Crippen MR) is 70.0 cm³/mol. The lowest BCUT2D eigenvalue weighted by molar-refractivity contribution is 0.370. The number of sulfonamides is 1. The molecule has 0 aliphatic heterocycles. The van der Waals surface area contributed by atoms with Gasteiger partial charge in [0, 0.05) is 25.9 Å². The number of nitrogens with zero attached hydrogens (tertiary/aromatic N) is 2. The van der Waals surface area contributed by atoms with Crippen molar-refractivity contribution in [1.29, 1.82) is 0 Å². The Morgan fingerprint density at radius 2 is 1.83 bits per heavy atom. The highest BCUT2D eigenvalue weighted by Crippen LogP contribution is 2.11. The van der Waals surface area contributed by atoms with E-state index in [4.69, 9.17) is 0 Å². The van der Waals surface area contributed by atoms with Gasteiger partial charge in [-0.15, -0.1) is 0 Å². The third kappa shape index (κ3) is 3.94. The maximum Gasteiger partial charge on any atom is 0.247 e. The summed E-state index contributed by atoms with van der Waals surface area (Å²) in [6, 6.07) is 2.52. The molecule has 0 aliphatic rings. The molecule has 1 aromatic heterocycles. The molecule has 0 fully saturated rings. The normalized spacial score (nSPS) is 12.3. The predicted octanol–water partition coefficient (Wildman–Crippen LogP) is -0.0529. The smallest absolute Gasteiger partial charge is 0.247 e. The van der Waals surface area contributed by atoms with E-state index in [2.05, 4.69) is 4.98 Å². The summed E-state index contributed by atoms with van der Waals surface area (Å²) in [6.45, 7) is 1.27. The number of aromatic nitrogens is 1. The zero-order chi connectivity index (χ0) is 13.8. The van der Waals surface area contributed by atoms with Gasteiger partial charge < -0.3 is 9.88 Å². The van der Waals surface area contributed by atoms with Crippen molar-refractivity contribution in [2.45, 2.75) is 11.3 Å². The average Bonchev–Trinajstić information content (AvgIpc) is 2.28. The minimum atomic E-state index is -3.51. The molecule has 102 valence electrons. The zero-order valence-corrected chi connectivity index (χ0v) is 11.7. The van der Waals surface area contributed by atoms with Gasteiger partial charge in [0.25, 0.3) is 0 Å². The summed E-state index contributed by atoms with van der Waals surface area (Å²) >= 11 is 0. The maximum atomic E-state index is 12.1.